The van der Waals surface area contributed by atoms with Crippen LogP contribution >= 0.6 is 15.9 Å². The fraction of sp³-hybridized carbons (Fsp3) is 0.462. The van der Waals surface area contributed by atoms with Crippen molar-refractivity contribution in [2.24, 2.45) is 0 Å². The topological polar surface area (TPSA) is 61.2 Å². The van der Waals surface area contributed by atoms with E-state index in [4.69, 9.17) is 0 Å². The Labute approximate surface area is 122 Å². The van der Waals surface area contributed by atoms with Gasteiger partial charge in [-0.1, -0.05) is 15.9 Å². The molecule has 1 aromatic rings. The molecule has 0 spiro atoms. The molecule has 0 bridgehead atoms. The molecule has 1 fully saturated rings. The van der Waals surface area contributed by atoms with Crippen molar-refractivity contribution in [2.45, 2.75) is 43.2 Å². The van der Waals surface area contributed by atoms with Gasteiger partial charge in [0.15, 0.2) is 0 Å². The van der Waals surface area contributed by atoms with E-state index in [2.05, 4.69) is 22.0 Å². The van der Waals surface area contributed by atoms with Gasteiger partial charge in [-0.15, -0.1) is 0 Å². The minimum atomic E-state index is -3.63. The first-order chi connectivity index (χ1) is 8.79. The third-order valence-corrected chi connectivity index (χ3v) is 5.74. The van der Waals surface area contributed by atoms with Crippen LogP contribution in [-0.4, -0.2) is 24.3 Å². The average Bonchev–Trinajstić information content (AvgIpc) is 3.13. The number of benzene rings is 1. The number of nitriles is 1. The van der Waals surface area contributed by atoms with E-state index in [1.807, 2.05) is 0 Å². The van der Waals surface area contributed by atoms with Crippen LogP contribution in [0.4, 0.5) is 0 Å². The zero-order valence-electron chi connectivity index (χ0n) is 10.8. The zero-order chi connectivity index (χ0) is 14.3. The second-order valence-corrected chi connectivity index (χ2v) is 7.89. The van der Waals surface area contributed by atoms with E-state index >= 15 is 0 Å². The van der Waals surface area contributed by atoms with Gasteiger partial charge in [-0.3, -0.25) is 0 Å². The molecule has 0 aliphatic heterocycles. The Hall–Kier alpha value is -0.900. The van der Waals surface area contributed by atoms with Crippen molar-refractivity contribution < 1.29 is 8.42 Å². The highest BCUT2D eigenvalue weighted by atomic mass is 79.9. The third-order valence-electron chi connectivity index (χ3n) is 3.07. The Bertz CT molecular complexity index is 613. The van der Waals surface area contributed by atoms with Gasteiger partial charge in [-0.05, 0) is 51.0 Å². The standard InChI is InChI=1S/C13H15BrN2O2S/c1-13(2,9-15)16(11-5-6-11)19(17,18)12-7-3-10(14)4-8-12/h3-4,7-8,11H,5-6H2,1-2H3. The highest BCUT2D eigenvalue weighted by molar-refractivity contribution is 9.10. The van der Waals surface area contributed by atoms with Gasteiger partial charge >= 0.3 is 0 Å². The van der Waals surface area contributed by atoms with Crippen LogP contribution < -0.4 is 0 Å². The predicted molar refractivity (Wildman–Crippen MR) is 75.9 cm³/mol. The summed E-state index contributed by atoms with van der Waals surface area (Å²) in [6, 6.07) is 8.53. The largest absolute Gasteiger partial charge is 0.244 e. The monoisotopic (exact) mass is 342 g/mol. The van der Waals surface area contributed by atoms with Gasteiger partial charge in [-0.25, -0.2) is 8.42 Å². The Morgan fingerprint density at radius 3 is 2.26 bits per heavy atom. The van der Waals surface area contributed by atoms with E-state index in [0.29, 0.717) is 0 Å². The van der Waals surface area contributed by atoms with Gasteiger partial charge in [0.25, 0.3) is 0 Å². The molecule has 1 saturated carbocycles. The molecule has 0 unspecified atom stereocenters. The molecule has 0 radical (unpaired) electrons. The summed E-state index contributed by atoms with van der Waals surface area (Å²) in [5.74, 6) is 0. The lowest BCUT2D eigenvalue weighted by Crippen LogP contribution is -2.48. The first-order valence-corrected chi connectivity index (χ1v) is 8.24. The van der Waals surface area contributed by atoms with Crippen LogP contribution in [0, 0.1) is 11.3 Å². The Balaban J connectivity index is 2.47. The minimum Gasteiger partial charge on any atom is -0.207 e. The highest BCUT2D eigenvalue weighted by Gasteiger charge is 2.46. The van der Waals surface area contributed by atoms with Gasteiger partial charge in [0, 0.05) is 10.5 Å². The second-order valence-electron chi connectivity index (χ2n) is 5.16. The summed E-state index contributed by atoms with van der Waals surface area (Å²) in [4.78, 5) is 0.228. The number of halogens is 1. The summed E-state index contributed by atoms with van der Waals surface area (Å²) in [6.07, 6.45) is 1.64. The highest BCUT2D eigenvalue weighted by Crippen LogP contribution is 2.37. The predicted octanol–water partition coefficient (Wildman–Crippen LogP) is 2.90. The van der Waals surface area contributed by atoms with E-state index in [1.165, 1.54) is 4.31 Å². The van der Waals surface area contributed by atoms with Gasteiger partial charge in [0.2, 0.25) is 10.0 Å². The number of sulfonamides is 1. The van der Waals surface area contributed by atoms with Crippen LogP contribution in [0.3, 0.4) is 0 Å². The van der Waals surface area contributed by atoms with E-state index < -0.39 is 15.6 Å². The first kappa shape index (κ1) is 14.5. The summed E-state index contributed by atoms with van der Waals surface area (Å²) >= 11 is 3.28. The van der Waals surface area contributed by atoms with Crippen molar-refractivity contribution in [1.82, 2.24) is 4.31 Å². The molecule has 0 saturated heterocycles. The molecule has 0 N–H and O–H groups in total. The lowest BCUT2D eigenvalue weighted by atomic mass is 10.1. The molecule has 6 heteroatoms. The molecule has 1 aromatic carbocycles. The van der Waals surface area contributed by atoms with Gasteiger partial charge in [-0.2, -0.15) is 9.57 Å². The summed E-state index contributed by atoms with van der Waals surface area (Å²) < 4.78 is 27.6. The maximum atomic E-state index is 12.7. The van der Waals surface area contributed by atoms with Crippen LogP contribution in [-0.2, 0) is 10.0 Å². The Kier molecular flexibility index (Phi) is 3.74. The number of rotatable bonds is 4. The van der Waals surface area contributed by atoms with Crippen molar-refractivity contribution in [2.75, 3.05) is 0 Å². The van der Waals surface area contributed by atoms with Crippen LogP contribution in [0.5, 0.6) is 0 Å². The van der Waals surface area contributed by atoms with Crippen molar-refractivity contribution in [1.29, 1.82) is 5.26 Å². The SMILES string of the molecule is CC(C)(C#N)N(C1CC1)S(=O)(=O)c1ccc(Br)cc1. The quantitative estimate of drug-likeness (QED) is 0.845. The van der Waals surface area contributed by atoms with Crippen molar-refractivity contribution >= 4 is 26.0 Å². The molecule has 102 valence electrons. The molecular formula is C13H15BrN2O2S. The molecule has 0 atom stereocenters. The van der Waals surface area contributed by atoms with E-state index in [9.17, 15) is 13.7 Å². The van der Waals surface area contributed by atoms with E-state index in [1.54, 1.807) is 38.1 Å². The number of hydrogen-bond acceptors (Lipinski definition) is 3. The molecule has 19 heavy (non-hydrogen) atoms. The third kappa shape index (κ3) is 2.83. The van der Waals surface area contributed by atoms with Crippen LogP contribution in [0.2, 0.25) is 0 Å². The molecule has 0 heterocycles. The van der Waals surface area contributed by atoms with Crippen LogP contribution in [0.25, 0.3) is 0 Å². The lowest BCUT2D eigenvalue weighted by molar-refractivity contribution is 0.280. The van der Waals surface area contributed by atoms with Crippen molar-refractivity contribution in [3.8, 4) is 6.07 Å². The molecule has 0 amide bonds. The molecular weight excluding hydrogens is 328 g/mol. The molecule has 1 aliphatic carbocycles. The normalized spacial score (nSPS) is 16.4. The van der Waals surface area contributed by atoms with Crippen LogP contribution in [0.1, 0.15) is 26.7 Å². The molecule has 0 aromatic heterocycles. The van der Waals surface area contributed by atoms with Gasteiger partial charge < -0.3 is 0 Å². The maximum Gasteiger partial charge on any atom is 0.244 e. The Morgan fingerprint density at radius 1 is 1.32 bits per heavy atom. The Morgan fingerprint density at radius 2 is 1.84 bits per heavy atom. The molecule has 2 rings (SSSR count). The fourth-order valence-electron chi connectivity index (χ4n) is 2.03. The van der Waals surface area contributed by atoms with Crippen molar-refractivity contribution in [3.05, 3.63) is 28.7 Å². The van der Waals surface area contributed by atoms with E-state index in [-0.39, 0.29) is 10.9 Å². The minimum absolute atomic E-state index is 0.0525. The fourth-order valence-corrected chi connectivity index (χ4v) is 4.25. The zero-order valence-corrected chi connectivity index (χ0v) is 13.2. The van der Waals surface area contributed by atoms with Crippen LogP contribution in [0.15, 0.2) is 33.6 Å². The summed E-state index contributed by atoms with van der Waals surface area (Å²) in [5.41, 5.74) is -1.03. The number of hydrogen-bond donors (Lipinski definition) is 0. The first-order valence-electron chi connectivity index (χ1n) is 6.00. The summed E-state index contributed by atoms with van der Waals surface area (Å²) in [5, 5.41) is 9.23. The number of nitrogens with zero attached hydrogens (tertiary/aromatic N) is 2. The second kappa shape index (κ2) is 4.89. The average molecular weight is 343 g/mol. The smallest absolute Gasteiger partial charge is 0.207 e. The van der Waals surface area contributed by atoms with Gasteiger partial charge in [0.05, 0.1) is 11.0 Å². The molecule has 4 nitrogen and oxygen atoms in total. The van der Waals surface area contributed by atoms with Crippen molar-refractivity contribution in [3.63, 3.8) is 0 Å². The van der Waals surface area contributed by atoms with Gasteiger partial charge in [0.1, 0.15) is 5.54 Å². The van der Waals surface area contributed by atoms with E-state index in [0.717, 1.165) is 17.3 Å². The summed E-state index contributed by atoms with van der Waals surface area (Å²) in [6.45, 7) is 3.28. The molecule has 1 aliphatic rings. The summed E-state index contributed by atoms with van der Waals surface area (Å²) in [7, 11) is -3.63. The maximum absolute atomic E-state index is 12.7. The lowest BCUT2D eigenvalue weighted by Gasteiger charge is -2.32.